The molecule has 0 fully saturated rings. The number of fused-ring (bicyclic) bond motifs is 3. The summed E-state index contributed by atoms with van der Waals surface area (Å²) in [6.07, 6.45) is 7.26. The fraction of sp³-hybridized carbons (Fsp3) is 0.0385. The monoisotopic (exact) mass is 971 g/mol. The maximum absolute atomic E-state index is 6.41. The Bertz CT molecular complexity index is 2950. The molecule has 0 unspecified atom stereocenters. The first-order valence-corrected chi connectivity index (χ1v) is 19.2. The SMILES string of the molecule is Cc1cc(-c2[c-]c(Oc3[c-]c4c(cc3)c3ccc(Oc5[c-]c(-c6cc(C)c(-c7ccccc7)cn6)ccc5)[c-]c3n4-c3ncccn3)ccc2)ncc1-c1ccccc1.[Pd+2].[Pd+2]. The summed E-state index contributed by atoms with van der Waals surface area (Å²) in [5.41, 5.74) is 11.5. The minimum atomic E-state index is 0. The van der Waals surface area contributed by atoms with E-state index < -0.39 is 0 Å². The van der Waals surface area contributed by atoms with Crippen LogP contribution >= 0.6 is 0 Å². The van der Waals surface area contributed by atoms with E-state index in [2.05, 4.69) is 84.5 Å². The number of ether oxygens (including phenoxy) is 2. The molecule has 7 nitrogen and oxygen atoms in total. The van der Waals surface area contributed by atoms with E-state index in [1.165, 1.54) is 0 Å². The van der Waals surface area contributed by atoms with Gasteiger partial charge in [0, 0.05) is 58.9 Å². The number of pyridine rings is 2. The zero-order chi connectivity index (χ0) is 39.7. The van der Waals surface area contributed by atoms with Gasteiger partial charge < -0.3 is 24.0 Å². The number of aromatic nitrogens is 5. The van der Waals surface area contributed by atoms with Gasteiger partial charge in [0.15, 0.2) is 0 Å². The van der Waals surface area contributed by atoms with Gasteiger partial charge in [0.2, 0.25) is 5.95 Å². The molecule has 298 valence electrons. The molecule has 9 heteroatoms. The van der Waals surface area contributed by atoms with E-state index in [0.29, 0.717) is 28.9 Å². The third kappa shape index (κ3) is 8.43. The Morgan fingerprint density at radius 2 is 0.885 bits per heavy atom. The van der Waals surface area contributed by atoms with Crippen molar-refractivity contribution in [1.82, 2.24) is 24.5 Å². The molecule has 61 heavy (non-hydrogen) atoms. The topological polar surface area (TPSA) is 75.0 Å². The third-order valence-electron chi connectivity index (χ3n) is 10.2. The van der Waals surface area contributed by atoms with Crippen LogP contribution in [0.5, 0.6) is 23.0 Å². The van der Waals surface area contributed by atoms with Gasteiger partial charge >= 0.3 is 40.8 Å². The molecular formula is C52H33N5O2Pd2. The smallest absolute Gasteiger partial charge is 0.503 e. The van der Waals surface area contributed by atoms with Gasteiger partial charge in [0.05, 0.1) is 0 Å². The second-order valence-corrected chi connectivity index (χ2v) is 14.1. The van der Waals surface area contributed by atoms with Crippen molar-refractivity contribution in [1.29, 1.82) is 0 Å². The van der Waals surface area contributed by atoms with E-state index in [1.807, 2.05) is 114 Å². The van der Waals surface area contributed by atoms with Crippen LogP contribution in [-0.4, -0.2) is 24.5 Å². The number of rotatable bonds is 9. The fourth-order valence-electron chi connectivity index (χ4n) is 7.35. The summed E-state index contributed by atoms with van der Waals surface area (Å²) in [4.78, 5) is 18.8. The summed E-state index contributed by atoms with van der Waals surface area (Å²) >= 11 is 0. The van der Waals surface area contributed by atoms with Crippen molar-refractivity contribution in [3.05, 3.63) is 200 Å². The molecule has 0 N–H and O–H groups in total. The Hall–Kier alpha value is -6.58. The molecule has 0 radical (unpaired) electrons. The predicted octanol–water partition coefficient (Wildman–Crippen LogP) is 12.4. The van der Waals surface area contributed by atoms with E-state index in [-0.39, 0.29) is 40.8 Å². The van der Waals surface area contributed by atoms with Crippen molar-refractivity contribution in [2.45, 2.75) is 13.8 Å². The summed E-state index contributed by atoms with van der Waals surface area (Å²) in [5, 5.41) is 1.87. The molecule has 4 heterocycles. The van der Waals surface area contributed by atoms with Crippen LogP contribution in [0.1, 0.15) is 11.1 Å². The summed E-state index contributed by atoms with van der Waals surface area (Å²) in [7, 11) is 0. The van der Waals surface area contributed by atoms with Gasteiger partial charge in [-0.25, -0.2) is 9.97 Å². The average Bonchev–Trinajstić information content (AvgIpc) is 3.60. The summed E-state index contributed by atoms with van der Waals surface area (Å²) < 4.78 is 14.7. The standard InChI is InChI=1S/C52H33N5O2.2Pd/c1-34-26-48(55-32-46(34)36-12-5-3-6-13-36)38-16-9-18-40(28-38)58-42-20-22-44-45-23-21-43(31-51(45)57(50(44)30-42)52-53-24-11-25-54-52)59-41-19-10-17-39(29-41)49-27-35(2)47(33-56-49)37-14-7-4-8-15-37;;/h3-27,32-33H,1-2H3;;/q-4;2*+2. The zero-order valence-electron chi connectivity index (χ0n) is 32.8. The number of hydrogen-bond acceptors (Lipinski definition) is 6. The maximum Gasteiger partial charge on any atom is 2.00 e. The van der Waals surface area contributed by atoms with Crippen LogP contribution in [0.2, 0.25) is 0 Å². The molecule has 0 bridgehead atoms. The van der Waals surface area contributed by atoms with Crippen LogP contribution in [0, 0.1) is 38.1 Å². The predicted molar refractivity (Wildman–Crippen MR) is 232 cm³/mol. The molecule has 0 aliphatic rings. The number of hydrogen-bond donors (Lipinski definition) is 0. The van der Waals surface area contributed by atoms with Gasteiger partial charge in [-0.2, -0.15) is 22.9 Å². The molecule has 0 spiro atoms. The van der Waals surface area contributed by atoms with Crippen LogP contribution in [0.25, 0.3) is 72.5 Å². The van der Waals surface area contributed by atoms with E-state index >= 15 is 0 Å². The van der Waals surface area contributed by atoms with Crippen LogP contribution in [0.4, 0.5) is 0 Å². The number of nitrogens with zero attached hydrogens (tertiary/aromatic N) is 5. The Balaban J connectivity index is 0.00000257. The molecular weight excluding hydrogens is 939 g/mol. The second kappa shape index (κ2) is 18.0. The van der Waals surface area contributed by atoms with Crippen molar-refractivity contribution in [3.8, 4) is 73.7 Å². The van der Waals surface area contributed by atoms with E-state index in [4.69, 9.17) is 19.4 Å². The van der Waals surface area contributed by atoms with Crippen molar-refractivity contribution in [2.75, 3.05) is 0 Å². The summed E-state index contributed by atoms with van der Waals surface area (Å²) in [6.45, 7) is 4.20. The molecule has 0 atom stereocenters. The maximum atomic E-state index is 6.41. The van der Waals surface area contributed by atoms with Crippen LogP contribution in [0.3, 0.4) is 0 Å². The van der Waals surface area contributed by atoms with Crippen molar-refractivity contribution in [3.63, 3.8) is 0 Å². The minimum Gasteiger partial charge on any atom is -0.503 e. The first-order valence-electron chi connectivity index (χ1n) is 19.2. The van der Waals surface area contributed by atoms with Gasteiger partial charge in [-0.05, 0) is 53.6 Å². The van der Waals surface area contributed by atoms with Crippen LogP contribution in [-0.2, 0) is 40.8 Å². The van der Waals surface area contributed by atoms with E-state index in [1.54, 1.807) is 18.5 Å². The zero-order valence-corrected chi connectivity index (χ0v) is 35.9. The molecule has 10 rings (SSSR count). The molecule has 10 aromatic rings. The normalized spacial score (nSPS) is 10.9. The minimum absolute atomic E-state index is 0. The first-order chi connectivity index (χ1) is 29.0. The molecule has 0 saturated heterocycles. The molecule has 6 aromatic carbocycles. The van der Waals surface area contributed by atoms with Gasteiger partial charge in [-0.15, -0.1) is 71.8 Å². The van der Waals surface area contributed by atoms with E-state index in [9.17, 15) is 0 Å². The van der Waals surface area contributed by atoms with E-state index in [0.717, 1.165) is 77.7 Å². The Labute approximate surface area is 381 Å². The molecule has 0 aliphatic carbocycles. The Morgan fingerprint density at radius 3 is 1.33 bits per heavy atom. The largest absolute Gasteiger partial charge is 2.00 e. The molecule has 0 saturated carbocycles. The summed E-state index contributed by atoms with van der Waals surface area (Å²) in [5.74, 6) is 2.58. The number of aryl methyl sites for hydroxylation is 2. The first kappa shape index (κ1) is 41.2. The average molecular weight is 973 g/mol. The molecule has 0 amide bonds. The van der Waals surface area contributed by atoms with Crippen molar-refractivity contribution >= 4 is 21.8 Å². The van der Waals surface area contributed by atoms with Gasteiger partial charge in [0.1, 0.15) is 0 Å². The quantitative estimate of drug-likeness (QED) is 0.106. The molecule has 4 aromatic heterocycles. The number of benzene rings is 6. The van der Waals surface area contributed by atoms with Crippen LogP contribution in [0.15, 0.2) is 164 Å². The fourth-order valence-corrected chi connectivity index (χ4v) is 7.35. The van der Waals surface area contributed by atoms with Gasteiger partial charge in [-0.3, -0.25) is 0 Å². The van der Waals surface area contributed by atoms with Crippen molar-refractivity contribution < 1.29 is 50.3 Å². The third-order valence-corrected chi connectivity index (χ3v) is 10.2. The van der Waals surface area contributed by atoms with Crippen molar-refractivity contribution in [2.24, 2.45) is 0 Å². The Kier molecular flexibility index (Phi) is 12.1. The Morgan fingerprint density at radius 1 is 0.443 bits per heavy atom. The second-order valence-electron chi connectivity index (χ2n) is 14.1. The van der Waals surface area contributed by atoms with Crippen LogP contribution < -0.4 is 9.47 Å². The molecule has 0 aliphatic heterocycles. The summed E-state index contributed by atoms with van der Waals surface area (Å²) in [6, 6.07) is 59.8. The van der Waals surface area contributed by atoms with Gasteiger partial charge in [-0.1, -0.05) is 96.0 Å². The van der Waals surface area contributed by atoms with Gasteiger partial charge in [0.25, 0.3) is 0 Å².